The Hall–Kier alpha value is -3.67. The van der Waals surface area contributed by atoms with Crippen LogP contribution in [0.4, 0.5) is 0 Å². The number of hydrogen-bond donors (Lipinski definition) is 0. The molecule has 0 rings (SSSR count). The van der Waals surface area contributed by atoms with Gasteiger partial charge in [-0.2, -0.15) is 0 Å². The van der Waals surface area contributed by atoms with Crippen molar-refractivity contribution in [2.24, 2.45) is 0 Å². The molecule has 63 heavy (non-hydrogen) atoms. The molecule has 0 spiro atoms. The van der Waals surface area contributed by atoms with E-state index in [-0.39, 0.29) is 37.5 Å². The van der Waals surface area contributed by atoms with Crippen LogP contribution in [0.5, 0.6) is 0 Å². The van der Waals surface area contributed by atoms with Gasteiger partial charge in [-0.25, -0.2) is 0 Å². The molecule has 0 N–H and O–H groups in total. The van der Waals surface area contributed by atoms with Crippen molar-refractivity contribution in [1.29, 1.82) is 0 Å². The van der Waals surface area contributed by atoms with Crippen molar-refractivity contribution in [3.63, 3.8) is 0 Å². The van der Waals surface area contributed by atoms with Gasteiger partial charge in [0.2, 0.25) is 0 Å². The van der Waals surface area contributed by atoms with Crippen LogP contribution in [0.25, 0.3) is 0 Å². The number of esters is 3. The minimum absolute atomic E-state index is 0.106. The Balaban J connectivity index is 4.50. The Bertz CT molecular complexity index is 1280. The van der Waals surface area contributed by atoms with Gasteiger partial charge in [0.05, 0.1) is 0 Å². The zero-order valence-corrected chi connectivity index (χ0v) is 40.8. The lowest BCUT2D eigenvalue weighted by Crippen LogP contribution is -2.30. The normalized spacial score (nSPS) is 12.9. The van der Waals surface area contributed by atoms with Gasteiger partial charge < -0.3 is 14.2 Å². The van der Waals surface area contributed by atoms with Crippen LogP contribution in [0.2, 0.25) is 0 Å². The summed E-state index contributed by atoms with van der Waals surface area (Å²) >= 11 is 0. The Labute approximate surface area is 387 Å². The largest absolute Gasteiger partial charge is 0.462 e. The van der Waals surface area contributed by atoms with Crippen LogP contribution in [0.1, 0.15) is 226 Å². The number of ether oxygens (including phenoxy) is 3. The molecule has 0 saturated heterocycles. The summed E-state index contributed by atoms with van der Waals surface area (Å²) in [7, 11) is 0. The predicted molar refractivity (Wildman–Crippen MR) is 270 cm³/mol. The fourth-order valence-electron chi connectivity index (χ4n) is 6.78. The van der Waals surface area contributed by atoms with Gasteiger partial charge in [-0.3, -0.25) is 14.4 Å². The Morgan fingerprint density at radius 1 is 0.333 bits per heavy atom. The second-order valence-corrected chi connectivity index (χ2v) is 16.9. The van der Waals surface area contributed by atoms with E-state index in [0.29, 0.717) is 19.3 Å². The van der Waals surface area contributed by atoms with E-state index in [1.807, 2.05) is 30.4 Å². The van der Waals surface area contributed by atoms with Crippen molar-refractivity contribution in [2.75, 3.05) is 13.2 Å². The average molecular weight is 875 g/mol. The molecule has 358 valence electrons. The van der Waals surface area contributed by atoms with E-state index in [1.165, 1.54) is 96.3 Å². The maximum atomic E-state index is 12.8. The van der Waals surface area contributed by atoms with Gasteiger partial charge in [-0.1, -0.05) is 234 Å². The number of unbranched alkanes of at least 4 members (excludes halogenated alkanes) is 22. The molecular weight excluding hydrogens is 781 g/mol. The highest BCUT2D eigenvalue weighted by Crippen LogP contribution is 2.13. The zero-order valence-electron chi connectivity index (χ0n) is 40.8. The lowest BCUT2D eigenvalue weighted by atomic mass is 10.1. The third-order valence-corrected chi connectivity index (χ3v) is 10.7. The highest BCUT2D eigenvalue weighted by atomic mass is 16.6. The standard InChI is InChI=1S/C57H94O6/c1-4-7-10-13-16-19-22-24-26-28-30-31-33-35-38-41-44-47-50-56(59)62-53-54(52-61-55(58)49-46-43-40-37-21-18-15-12-9-6-3)63-57(60)51-48-45-42-39-36-34-32-29-27-25-23-20-17-14-11-8-5-2/h10,13,16,19,22,24-28,30-32,34,39,42,54H,4-9,11-12,14-15,17-18,20-21,23,29,33,35-38,40-41,43-53H2,1-3H3/b13-10-,19-16-,24-22-,27-25-,28-26-,31-30-,34-32-,42-39-. The van der Waals surface area contributed by atoms with Crippen molar-refractivity contribution in [3.05, 3.63) is 97.2 Å². The first-order chi connectivity index (χ1) is 31.0. The quantitative estimate of drug-likeness (QED) is 0.0199. The van der Waals surface area contributed by atoms with Gasteiger partial charge >= 0.3 is 17.9 Å². The number of carbonyl (C=O) groups excluding carboxylic acids is 3. The zero-order chi connectivity index (χ0) is 45.8. The van der Waals surface area contributed by atoms with Gasteiger partial charge in [0.15, 0.2) is 6.10 Å². The van der Waals surface area contributed by atoms with E-state index in [0.717, 1.165) is 83.5 Å². The number of hydrogen-bond acceptors (Lipinski definition) is 6. The first-order valence-electron chi connectivity index (χ1n) is 25.8. The van der Waals surface area contributed by atoms with Gasteiger partial charge in [-0.15, -0.1) is 0 Å². The van der Waals surface area contributed by atoms with E-state index in [2.05, 4.69) is 87.6 Å². The molecule has 0 fully saturated rings. The highest BCUT2D eigenvalue weighted by molar-refractivity contribution is 5.71. The fourth-order valence-corrected chi connectivity index (χ4v) is 6.78. The molecular formula is C57H94O6. The summed E-state index contributed by atoms with van der Waals surface area (Å²) < 4.78 is 16.7. The smallest absolute Gasteiger partial charge is 0.306 e. The molecule has 1 unspecified atom stereocenters. The minimum Gasteiger partial charge on any atom is -0.462 e. The predicted octanol–water partition coefficient (Wildman–Crippen LogP) is 17.0. The monoisotopic (exact) mass is 875 g/mol. The summed E-state index contributed by atoms with van der Waals surface area (Å²) in [5.74, 6) is -0.989. The van der Waals surface area contributed by atoms with Gasteiger partial charge in [0.1, 0.15) is 13.2 Å². The van der Waals surface area contributed by atoms with E-state index in [1.54, 1.807) is 0 Å². The molecule has 0 aliphatic heterocycles. The van der Waals surface area contributed by atoms with Crippen molar-refractivity contribution in [3.8, 4) is 0 Å². The van der Waals surface area contributed by atoms with E-state index < -0.39 is 6.10 Å². The van der Waals surface area contributed by atoms with Crippen LogP contribution in [-0.2, 0) is 28.6 Å². The van der Waals surface area contributed by atoms with Crippen LogP contribution >= 0.6 is 0 Å². The van der Waals surface area contributed by atoms with Crippen LogP contribution in [0, 0.1) is 0 Å². The van der Waals surface area contributed by atoms with Crippen LogP contribution in [0.3, 0.4) is 0 Å². The lowest BCUT2D eigenvalue weighted by molar-refractivity contribution is -0.167. The van der Waals surface area contributed by atoms with Gasteiger partial charge in [-0.05, 0) is 70.6 Å². The molecule has 0 amide bonds. The van der Waals surface area contributed by atoms with Crippen molar-refractivity contribution < 1.29 is 28.6 Å². The molecule has 6 heteroatoms. The molecule has 0 heterocycles. The number of carbonyl (C=O) groups is 3. The minimum atomic E-state index is -0.813. The van der Waals surface area contributed by atoms with Gasteiger partial charge in [0.25, 0.3) is 0 Å². The summed E-state index contributed by atoms with van der Waals surface area (Å²) in [6.07, 6.45) is 66.8. The van der Waals surface area contributed by atoms with E-state index in [4.69, 9.17) is 14.2 Å². The van der Waals surface area contributed by atoms with E-state index in [9.17, 15) is 14.4 Å². The third kappa shape index (κ3) is 49.2. The number of rotatable bonds is 45. The average Bonchev–Trinajstić information content (AvgIpc) is 3.28. The van der Waals surface area contributed by atoms with Crippen LogP contribution < -0.4 is 0 Å². The second-order valence-electron chi connectivity index (χ2n) is 16.9. The first kappa shape index (κ1) is 59.3. The summed E-state index contributed by atoms with van der Waals surface area (Å²) in [5, 5.41) is 0. The molecule has 0 aromatic rings. The second kappa shape index (κ2) is 51.0. The molecule has 0 saturated carbocycles. The molecule has 0 bridgehead atoms. The molecule has 0 aliphatic carbocycles. The highest BCUT2D eigenvalue weighted by Gasteiger charge is 2.19. The SMILES string of the molecule is CCC\C=C/C=C\C=C/C=C\C=C/CCCCCCCC(=O)OCC(COC(=O)CCCCCCCCCCCC)OC(=O)CCC/C=C\C/C=C\C/C=C\CCCCCCCC. The maximum absolute atomic E-state index is 12.8. The summed E-state index contributed by atoms with van der Waals surface area (Å²) in [6, 6.07) is 0. The van der Waals surface area contributed by atoms with Crippen molar-refractivity contribution >= 4 is 17.9 Å². The Morgan fingerprint density at radius 3 is 1.14 bits per heavy atom. The molecule has 0 radical (unpaired) electrons. The van der Waals surface area contributed by atoms with Crippen LogP contribution in [-0.4, -0.2) is 37.2 Å². The molecule has 0 aromatic heterocycles. The Kier molecular flexibility index (Phi) is 48.0. The summed E-state index contributed by atoms with van der Waals surface area (Å²) in [5.41, 5.74) is 0. The van der Waals surface area contributed by atoms with E-state index >= 15 is 0 Å². The maximum Gasteiger partial charge on any atom is 0.306 e. The number of allylic oxidation sites excluding steroid dienone is 16. The topological polar surface area (TPSA) is 78.9 Å². The summed E-state index contributed by atoms with van der Waals surface area (Å²) in [6.45, 7) is 6.46. The third-order valence-electron chi connectivity index (χ3n) is 10.7. The van der Waals surface area contributed by atoms with Crippen molar-refractivity contribution in [2.45, 2.75) is 232 Å². The molecule has 0 aliphatic rings. The molecule has 6 nitrogen and oxygen atoms in total. The van der Waals surface area contributed by atoms with Crippen molar-refractivity contribution in [1.82, 2.24) is 0 Å². The fraction of sp³-hybridized carbons (Fsp3) is 0.667. The Morgan fingerprint density at radius 2 is 0.683 bits per heavy atom. The first-order valence-corrected chi connectivity index (χ1v) is 25.8. The molecule has 1 atom stereocenters. The van der Waals surface area contributed by atoms with Crippen LogP contribution in [0.15, 0.2) is 97.2 Å². The lowest BCUT2D eigenvalue weighted by Gasteiger charge is -2.18. The van der Waals surface area contributed by atoms with Gasteiger partial charge in [0, 0.05) is 19.3 Å². The summed E-state index contributed by atoms with van der Waals surface area (Å²) in [4.78, 5) is 37.9. The molecule has 0 aromatic carbocycles.